The molecule has 0 radical (unpaired) electrons. The molecule has 0 aliphatic heterocycles. The van der Waals surface area contributed by atoms with Crippen LogP contribution in [-0.2, 0) is 0 Å². The second-order valence-electron chi connectivity index (χ2n) is 4.90. The fourth-order valence-electron chi connectivity index (χ4n) is 1.99. The fraction of sp³-hybridized carbons (Fsp3) is 0. The van der Waals surface area contributed by atoms with Crippen molar-refractivity contribution in [1.82, 2.24) is 10.9 Å². The molecule has 2 aromatic heterocycles. The number of carbonyl (C=O) groups is 3. The van der Waals surface area contributed by atoms with E-state index in [1.165, 1.54) is 28.7 Å². The number of hydrazine groups is 1. The molecule has 0 fully saturated rings. The molecule has 3 N–H and O–H groups in total. The van der Waals surface area contributed by atoms with E-state index >= 15 is 0 Å². The fourth-order valence-corrected chi connectivity index (χ4v) is 3.23. The summed E-state index contributed by atoms with van der Waals surface area (Å²) in [6.07, 6.45) is 0. The van der Waals surface area contributed by atoms with Gasteiger partial charge in [0, 0.05) is 11.3 Å². The lowest BCUT2D eigenvalue weighted by molar-refractivity contribution is 0.0849. The number of amides is 3. The van der Waals surface area contributed by atoms with Crippen molar-refractivity contribution >= 4 is 46.1 Å². The van der Waals surface area contributed by atoms with Crippen molar-refractivity contribution in [3.05, 3.63) is 74.6 Å². The van der Waals surface area contributed by atoms with Gasteiger partial charge in [-0.3, -0.25) is 25.2 Å². The number of thiophene rings is 2. The van der Waals surface area contributed by atoms with Crippen LogP contribution in [0.15, 0.2) is 59.3 Å². The number of rotatable bonds is 4. The van der Waals surface area contributed by atoms with Crippen LogP contribution >= 0.6 is 22.7 Å². The number of carbonyl (C=O) groups excluding carboxylic acids is 3. The molecule has 0 aliphatic carbocycles. The number of nitrogens with one attached hydrogen (secondary N) is 3. The number of hydrogen-bond acceptors (Lipinski definition) is 5. The molecule has 0 saturated carbocycles. The van der Waals surface area contributed by atoms with E-state index < -0.39 is 5.91 Å². The lowest BCUT2D eigenvalue weighted by Gasteiger charge is -2.08. The first-order chi connectivity index (χ1) is 12.1. The van der Waals surface area contributed by atoms with Crippen molar-refractivity contribution < 1.29 is 14.4 Å². The van der Waals surface area contributed by atoms with Crippen LogP contribution in [0, 0.1) is 0 Å². The minimum absolute atomic E-state index is 0.237. The first kappa shape index (κ1) is 16.9. The molecule has 0 unspecified atom stereocenters. The van der Waals surface area contributed by atoms with E-state index in [2.05, 4.69) is 16.2 Å². The Morgan fingerprint density at radius 3 is 2.00 bits per heavy atom. The van der Waals surface area contributed by atoms with Crippen molar-refractivity contribution in [2.45, 2.75) is 0 Å². The van der Waals surface area contributed by atoms with Gasteiger partial charge in [-0.25, -0.2) is 0 Å². The second-order valence-corrected chi connectivity index (χ2v) is 6.79. The minimum Gasteiger partial charge on any atom is -0.321 e. The maximum absolute atomic E-state index is 12.2. The Morgan fingerprint density at radius 1 is 0.720 bits per heavy atom. The minimum atomic E-state index is -0.475. The maximum atomic E-state index is 12.2. The normalized spacial score (nSPS) is 10.1. The molecule has 6 nitrogen and oxygen atoms in total. The number of hydrogen-bond donors (Lipinski definition) is 3. The summed E-state index contributed by atoms with van der Waals surface area (Å²) < 4.78 is 0. The Bertz CT molecular complexity index is 890. The van der Waals surface area contributed by atoms with Gasteiger partial charge in [-0.15, -0.1) is 22.7 Å². The third kappa shape index (κ3) is 4.31. The quantitative estimate of drug-likeness (QED) is 0.616. The zero-order chi connectivity index (χ0) is 17.6. The van der Waals surface area contributed by atoms with Gasteiger partial charge in [-0.2, -0.15) is 0 Å². The van der Waals surface area contributed by atoms with Gasteiger partial charge in [0.2, 0.25) is 0 Å². The van der Waals surface area contributed by atoms with E-state index in [-0.39, 0.29) is 11.8 Å². The van der Waals surface area contributed by atoms with Crippen LogP contribution in [0.25, 0.3) is 0 Å². The standard InChI is InChI=1S/C17H13N3O3S2/c21-15(19-20-17(23)14-7-3-9-25-14)11-4-1-5-12(10-11)18-16(22)13-6-2-8-24-13/h1-10H,(H,18,22)(H,19,21)(H,20,23). The van der Waals surface area contributed by atoms with E-state index in [1.807, 2.05) is 5.38 Å². The first-order valence-corrected chi connectivity index (χ1v) is 8.98. The molecule has 25 heavy (non-hydrogen) atoms. The topological polar surface area (TPSA) is 87.3 Å². The molecule has 0 atom stereocenters. The van der Waals surface area contributed by atoms with Gasteiger partial charge < -0.3 is 5.32 Å². The number of benzene rings is 1. The molecule has 2 heterocycles. The van der Waals surface area contributed by atoms with Gasteiger partial charge in [0.1, 0.15) is 0 Å². The molecule has 0 spiro atoms. The molecule has 3 rings (SSSR count). The van der Waals surface area contributed by atoms with E-state index in [9.17, 15) is 14.4 Å². The highest BCUT2D eigenvalue weighted by Gasteiger charge is 2.11. The van der Waals surface area contributed by atoms with Crippen LogP contribution < -0.4 is 16.2 Å². The van der Waals surface area contributed by atoms with Crippen molar-refractivity contribution in [2.24, 2.45) is 0 Å². The summed E-state index contributed by atoms with van der Waals surface area (Å²) >= 11 is 2.61. The molecule has 8 heteroatoms. The molecule has 3 aromatic rings. The van der Waals surface area contributed by atoms with E-state index in [0.29, 0.717) is 21.0 Å². The Balaban J connectivity index is 1.61. The maximum Gasteiger partial charge on any atom is 0.279 e. The Kier molecular flexibility index (Phi) is 5.22. The van der Waals surface area contributed by atoms with Crippen LogP contribution in [0.3, 0.4) is 0 Å². The average Bonchev–Trinajstić information content (AvgIpc) is 3.33. The summed E-state index contributed by atoms with van der Waals surface area (Å²) in [6.45, 7) is 0. The molecule has 126 valence electrons. The van der Waals surface area contributed by atoms with Crippen LogP contribution in [0.4, 0.5) is 5.69 Å². The second kappa shape index (κ2) is 7.73. The monoisotopic (exact) mass is 371 g/mol. The highest BCUT2D eigenvalue weighted by atomic mass is 32.1. The van der Waals surface area contributed by atoms with Crippen molar-refractivity contribution in [2.75, 3.05) is 5.32 Å². The van der Waals surface area contributed by atoms with Gasteiger partial charge >= 0.3 is 0 Å². The van der Waals surface area contributed by atoms with Crippen LogP contribution in [0.1, 0.15) is 29.7 Å². The number of anilines is 1. The molecule has 3 amide bonds. The summed E-state index contributed by atoms with van der Waals surface area (Å²) in [7, 11) is 0. The lowest BCUT2D eigenvalue weighted by atomic mass is 10.2. The van der Waals surface area contributed by atoms with Gasteiger partial charge in [0.15, 0.2) is 0 Å². The first-order valence-electron chi connectivity index (χ1n) is 7.22. The highest BCUT2D eigenvalue weighted by molar-refractivity contribution is 7.12. The largest absolute Gasteiger partial charge is 0.321 e. The third-order valence-corrected chi connectivity index (χ3v) is 4.90. The average molecular weight is 371 g/mol. The van der Waals surface area contributed by atoms with E-state index in [4.69, 9.17) is 0 Å². The summed E-state index contributed by atoms with van der Waals surface area (Å²) in [5.74, 6) is -1.10. The Morgan fingerprint density at radius 2 is 1.36 bits per heavy atom. The zero-order valence-corrected chi connectivity index (χ0v) is 14.4. The molecule has 0 bridgehead atoms. The van der Waals surface area contributed by atoms with Crippen molar-refractivity contribution in [3.63, 3.8) is 0 Å². The van der Waals surface area contributed by atoms with Gasteiger partial charge in [-0.1, -0.05) is 18.2 Å². The summed E-state index contributed by atoms with van der Waals surface area (Å²) in [6, 6.07) is 13.4. The zero-order valence-electron chi connectivity index (χ0n) is 12.8. The summed E-state index contributed by atoms with van der Waals surface area (Å²) in [5.41, 5.74) is 5.52. The van der Waals surface area contributed by atoms with Crippen LogP contribution in [0.5, 0.6) is 0 Å². The summed E-state index contributed by atoms with van der Waals surface area (Å²) in [5, 5.41) is 6.32. The van der Waals surface area contributed by atoms with Crippen molar-refractivity contribution in [3.8, 4) is 0 Å². The van der Waals surface area contributed by atoms with Crippen LogP contribution in [-0.4, -0.2) is 17.7 Å². The van der Waals surface area contributed by atoms with Crippen LogP contribution in [0.2, 0.25) is 0 Å². The molecular formula is C17H13N3O3S2. The molecule has 0 saturated heterocycles. The molecule has 1 aromatic carbocycles. The Hall–Kier alpha value is -2.97. The highest BCUT2D eigenvalue weighted by Crippen LogP contribution is 2.15. The van der Waals surface area contributed by atoms with E-state index in [0.717, 1.165) is 0 Å². The van der Waals surface area contributed by atoms with Gasteiger partial charge in [0.25, 0.3) is 17.7 Å². The predicted molar refractivity (Wildman–Crippen MR) is 98.0 cm³/mol. The Labute approximate surface area is 151 Å². The third-order valence-electron chi connectivity index (χ3n) is 3.16. The van der Waals surface area contributed by atoms with E-state index in [1.54, 1.807) is 47.8 Å². The molecular weight excluding hydrogens is 358 g/mol. The van der Waals surface area contributed by atoms with Gasteiger partial charge in [-0.05, 0) is 41.1 Å². The van der Waals surface area contributed by atoms with Gasteiger partial charge in [0.05, 0.1) is 9.75 Å². The predicted octanol–water partition coefficient (Wildman–Crippen LogP) is 3.14. The SMILES string of the molecule is O=C(NNC(=O)c1cccs1)c1cccc(NC(=O)c2cccs2)c1. The van der Waals surface area contributed by atoms with Crippen molar-refractivity contribution in [1.29, 1.82) is 0 Å². The lowest BCUT2D eigenvalue weighted by Crippen LogP contribution is -2.41. The smallest absolute Gasteiger partial charge is 0.279 e. The molecule has 0 aliphatic rings. The summed E-state index contributed by atoms with van der Waals surface area (Å²) in [4.78, 5) is 37.1.